The minimum Gasteiger partial charge on any atom is -0.393 e. The molecule has 2 aromatic heterocycles. The second kappa shape index (κ2) is 10.3. The number of carbonyl (C=O) groups excluding carboxylic acids is 1. The van der Waals surface area contributed by atoms with Crippen molar-refractivity contribution in [3.63, 3.8) is 0 Å². The van der Waals surface area contributed by atoms with E-state index < -0.39 is 11.2 Å². The van der Waals surface area contributed by atoms with Crippen molar-refractivity contribution in [2.75, 3.05) is 10.6 Å². The number of nitrogens with one attached hydrogen (secondary N) is 2. The van der Waals surface area contributed by atoms with Crippen LogP contribution in [0.15, 0.2) is 18.3 Å². The maximum Gasteiger partial charge on any atom is 0.224 e. The highest BCUT2D eigenvalue weighted by atomic mass is 35.5. The summed E-state index contributed by atoms with van der Waals surface area (Å²) in [5, 5.41) is 25.6. The third-order valence-electron chi connectivity index (χ3n) is 7.84. The number of primary amides is 1. The molecule has 2 aliphatic carbocycles. The van der Waals surface area contributed by atoms with Gasteiger partial charge in [-0.15, -0.1) is 0 Å². The number of nitriles is 1. The second-order valence-electron chi connectivity index (χ2n) is 10.6. The summed E-state index contributed by atoms with van der Waals surface area (Å²) in [4.78, 5) is 25.9. The maximum atomic E-state index is 14.9. The van der Waals surface area contributed by atoms with Gasteiger partial charge in [0.05, 0.1) is 34.6 Å². The first kappa shape index (κ1) is 26.1. The molecule has 1 aromatic carbocycles. The molecular weight excluding hydrogens is 511 g/mol. The van der Waals surface area contributed by atoms with Crippen LogP contribution in [0.1, 0.15) is 69.9 Å². The molecule has 2 aliphatic rings. The number of hydrogen-bond acceptors (Lipinski definition) is 8. The van der Waals surface area contributed by atoms with E-state index in [1.165, 1.54) is 6.07 Å². The average Bonchev–Trinajstić information content (AvgIpc) is 3.23. The lowest BCUT2D eigenvalue weighted by atomic mass is 9.73. The van der Waals surface area contributed by atoms with Gasteiger partial charge in [0.15, 0.2) is 5.65 Å². The number of benzene rings is 1. The SMILES string of the molecule is CC1(C(N)=O)CCC(n2c(Nc3c(F)cc(C#N)cc3Cl)nc3cnc(NC4CCCC(O)C4)nc32)CC1. The van der Waals surface area contributed by atoms with Crippen LogP contribution in [0.4, 0.5) is 22.0 Å². The van der Waals surface area contributed by atoms with Crippen LogP contribution < -0.4 is 16.4 Å². The predicted octanol–water partition coefficient (Wildman–Crippen LogP) is 4.56. The van der Waals surface area contributed by atoms with E-state index in [-0.39, 0.29) is 40.4 Å². The molecule has 12 heteroatoms. The first-order valence-corrected chi connectivity index (χ1v) is 13.2. The van der Waals surface area contributed by atoms with Crippen LogP contribution in [0.5, 0.6) is 0 Å². The lowest BCUT2D eigenvalue weighted by Crippen LogP contribution is -2.38. The Bertz CT molecular complexity index is 1390. The van der Waals surface area contributed by atoms with Crippen molar-refractivity contribution < 1.29 is 14.3 Å². The van der Waals surface area contributed by atoms with E-state index in [9.17, 15) is 14.3 Å². The second-order valence-corrected chi connectivity index (χ2v) is 11.0. The summed E-state index contributed by atoms with van der Waals surface area (Å²) in [6, 6.07) is 4.36. The first-order chi connectivity index (χ1) is 18.2. The van der Waals surface area contributed by atoms with Crippen molar-refractivity contribution in [2.45, 2.75) is 76.5 Å². The predicted molar refractivity (Wildman–Crippen MR) is 141 cm³/mol. The smallest absolute Gasteiger partial charge is 0.224 e. The Morgan fingerprint density at radius 2 is 2.05 bits per heavy atom. The molecule has 1 amide bonds. The van der Waals surface area contributed by atoms with E-state index in [1.807, 2.05) is 17.6 Å². The molecule has 0 aliphatic heterocycles. The van der Waals surface area contributed by atoms with Crippen LogP contribution in [0.25, 0.3) is 11.2 Å². The molecule has 5 N–H and O–H groups in total. The monoisotopic (exact) mass is 540 g/mol. The highest BCUT2D eigenvalue weighted by Gasteiger charge is 2.38. The zero-order valence-electron chi connectivity index (χ0n) is 21.0. The Balaban J connectivity index is 1.53. The number of nitrogens with two attached hydrogens (primary N) is 1. The number of halogens is 2. The van der Waals surface area contributed by atoms with Crippen LogP contribution in [0.2, 0.25) is 5.02 Å². The number of aliphatic hydroxyl groups is 1. The van der Waals surface area contributed by atoms with Gasteiger partial charge in [0.1, 0.15) is 11.3 Å². The molecule has 0 saturated heterocycles. The van der Waals surface area contributed by atoms with Gasteiger partial charge in [0.25, 0.3) is 0 Å². The lowest BCUT2D eigenvalue weighted by molar-refractivity contribution is -0.128. The molecule has 0 radical (unpaired) electrons. The van der Waals surface area contributed by atoms with Gasteiger partial charge in [-0.1, -0.05) is 18.5 Å². The van der Waals surface area contributed by atoms with Crippen LogP contribution in [0.3, 0.4) is 0 Å². The van der Waals surface area contributed by atoms with Crippen LogP contribution >= 0.6 is 11.6 Å². The minimum absolute atomic E-state index is 0.00232. The zero-order chi connectivity index (χ0) is 27.0. The van der Waals surface area contributed by atoms with Gasteiger partial charge in [-0.25, -0.2) is 14.4 Å². The molecule has 38 heavy (non-hydrogen) atoms. The van der Waals surface area contributed by atoms with E-state index in [0.29, 0.717) is 55.2 Å². The molecule has 3 aromatic rings. The summed E-state index contributed by atoms with van der Waals surface area (Å²) in [5.41, 5.74) is 6.25. The van der Waals surface area contributed by atoms with Crippen molar-refractivity contribution in [3.8, 4) is 6.07 Å². The number of anilines is 3. The molecule has 2 heterocycles. The highest BCUT2D eigenvalue weighted by molar-refractivity contribution is 6.33. The van der Waals surface area contributed by atoms with Gasteiger partial charge < -0.3 is 21.5 Å². The molecule has 2 saturated carbocycles. The number of aromatic nitrogens is 4. The maximum absolute atomic E-state index is 14.9. The van der Waals surface area contributed by atoms with Gasteiger partial charge in [0.2, 0.25) is 17.8 Å². The van der Waals surface area contributed by atoms with Crippen LogP contribution in [-0.4, -0.2) is 42.7 Å². The van der Waals surface area contributed by atoms with Crippen molar-refractivity contribution in [3.05, 3.63) is 34.7 Å². The third kappa shape index (κ3) is 5.11. The van der Waals surface area contributed by atoms with Crippen LogP contribution in [0, 0.1) is 22.6 Å². The number of nitrogens with zero attached hydrogens (tertiary/aromatic N) is 5. The topological polar surface area (TPSA) is 155 Å². The Hall–Kier alpha value is -3.49. The Kier molecular flexibility index (Phi) is 7.11. The van der Waals surface area contributed by atoms with Gasteiger partial charge in [-0.05, 0) is 63.5 Å². The quantitative estimate of drug-likeness (QED) is 0.355. The van der Waals surface area contributed by atoms with Crippen LogP contribution in [-0.2, 0) is 4.79 Å². The molecule has 0 spiro atoms. The molecule has 2 unspecified atom stereocenters. The fourth-order valence-corrected chi connectivity index (χ4v) is 5.74. The molecule has 0 bridgehead atoms. The van der Waals surface area contributed by atoms with E-state index in [0.717, 1.165) is 25.3 Å². The normalized spacial score (nSPS) is 25.6. The van der Waals surface area contributed by atoms with Crippen molar-refractivity contribution >= 4 is 46.3 Å². The van der Waals surface area contributed by atoms with Gasteiger partial charge in [-0.3, -0.25) is 9.36 Å². The number of imidazole rings is 1. The fraction of sp³-hybridized carbons (Fsp3) is 0.500. The third-order valence-corrected chi connectivity index (χ3v) is 8.14. The summed E-state index contributed by atoms with van der Waals surface area (Å²) in [6.45, 7) is 1.88. The van der Waals surface area contributed by atoms with Gasteiger partial charge in [-0.2, -0.15) is 10.2 Å². The molecular formula is C26H30ClFN8O2. The largest absolute Gasteiger partial charge is 0.393 e. The minimum atomic E-state index is -0.679. The summed E-state index contributed by atoms with van der Waals surface area (Å²) in [7, 11) is 0. The van der Waals surface area contributed by atoms with Gasteiger partial charge >= 0.3 is 0 Å². The van der Waals surface area contributed by atoms with E-state index >= 15 is 0 Å². The molecule has 200 valence electrons. The lowest BCUT2D eigenvalue weighted by Gasteiger charge is -2.35. The number of aliphatic hydroxyl groups excluding tert-OH is 1. The zero-order valence-corrected chi connectivity index (χ0v) is 21.8. The molecule has 2 atom stereocenters. The Morgan fingerprint density at radius 3 is 2.71 bits per heavy atom. The van der Waals surface area contributed by atoms with Crippen molar-refractivity contribution in [2.24, 2.45) is 11.1 Å². The van der Waals surface area contributed by atoms with Crippen molar-refractivity contribution in [1.29, 1.82) is 5.26 Å². The number of amides is 1. The number of hydrogen-bond donors (Lipinski definition) is 4. The van der Waals surface area contributed by atoms with Gasteiger partial charge in [0, 0.05) is 17.5 Å². The molecule has 2 fully saturated rings. The van der Waals surface area contributed by atoms with Crippen molar-refractivity contribution in [1.82, 2.24) is 19.5 Å². The summed E-state index contributed by atoms with van der Waals surface area (Å²) in [6.07, 6.45) is 6.98. The summed E-state index contributed by atoms with van der Waals surface area (Å²) < 4.78 is 16.8. The standard InChI is InChI=1S/C26H30ClFN8O2/c1-26(23(30)38)7-5-16(6-8-26)36-22-20(13-31-24(35-22)32-15-3-2-4-17(37)11-15)33-25(36)34-21-18(27)9-14(12-29)10-19(21)28/h9-10,13,15-17,37H,2-8,11H2,1H3,(H2,30,38)(H,33,34)(H,31,32,35). The summed E-state index contributed by atoms with van der Waals surface area (Å²) >= 11 is 6.32. The summed E-state index contributed by atoms with van der Waals surface area (Å²) in [5.74, 6) is -0.246. The van der Waals surface area contributed by atoms with E-state index in [1.54, 1.807) is 6.20 Å². The number of fused-ring (bicyclic) bond motifs is 1. The Labute approximate surface area is 224 Å². The molecule has 5 rings (SSSR count). The van der Waals surface area contributed by atoms with E-state index in [4.69, 9.17) is 27.6 Å². The first-order valence-electron chi connectivity index (χ1n) is 12.8. The van der Waals surface area contributed by atoms with E-state index in [2.05, 4.69) is 20.6 Å². The average molecular weight is 541 g/mol. The molecule has 10 nitrogen and oxygen atoms in total. The Morgan fingerprint density at radius 1 is 1.29 bits per heavy atom. The highest BCUT2D eigenvalue weighted by Crippen LogP contribution is 2.43. The number of carbonyl (C=O) groups is 1. The fourth-order valence-electron chi connectivity index (χ4n) is 5.49. The number of rotatable bonds is 6.